The van der Waals surface area contributed by atoms with Gasteiger partial charge in [-0.3, -0.25) is 4.79 Å². The number of carbonyl (C=O) groups excluding carboxylic acids is 1. The van der Waals surface area contributed by atoms with Gasteiger partial charge in [-0.2, -0.15) is 11.8 Å². The Kier molecular flexibility index (Phi) is 5.57. The number of hydrogen-bond acceptors (Lipinski definition) is 2. The Hall–Kier alpha value is -0.180. The number of nitrogens with zero attached hydrogens (tertiary/aromatic N) is 1. The Bertz CT molecular complexity index is 186. The van der Waals surface area contributed by atoms with Gasteiger partial charge in [0, 0.05) is 25.3 Å². The summed E-state index contributed by atoms with van der Waals surface area (Å²) in [5, 5.41) is 0. The molecule has 0 aromatic carbocycles. The van der Waals surface area contributed by atoms with Crippen molar-refractivity contribution in [1.29, 1.82) is 0 Å². The van der Waals surface area contributed by atoms with Gasteiger partial charge >= 0.3 is 0 Å². The lowest BCUT2D eigenvalue weighted by atomic mass is 9.87. The van der Waals surface area contributed by atoms with E-state index in [1.54, 1.807) is 11.8 Å². The van der Waals surface area contributed by atoms with Gasteiger partial charge < -0.3 is 4.90 Å². The van der Waals surface area contributed by atoms with Gasteiger partial charge in [0.2, 0.25) is 5.91 Å². The number of thioether (sulfide) groups is 1. The van der Waals surface area contributed by atoms with Crippen molar-refractivity contribution in [3.8, 4) is 0 Å². The van der Waals surface area contributed by atoms with Crippen LogP contribution in [0.5, 0.6) is 0 Å². The van der Waals surface area contributed by atoms with Crippen molar-refractivity contribution in [3.05, 3.63) is 0 Å². The first kappa shape index (κ1) is 13.8. The van der Waals surface area contributed by atoms with E-state index in [2.05, 4.69) is 27.7 Å². The molecule has 1 atom stereocenters. The topological polar surface area (TPSA) is 20.3 Å². The van der Waals surface area contributed by atoms with Crippen LogP contribution < -0.4 is 0 Å². The van der Waals surface area contributed by atoms with Gasteiger partial charge in [-0.1, -0.05) is 20.8 Å². The van der Waals surface area contributed by atoms with Crippen LogP contribution >= 0.6 is 11.8 Å². The molecule has 1 amide bonds. The summed E-state index contributed by atoms with van der Waals surface area (Å²) in [6.45, 7) is 8.60. The Labute approximate surface area is 92.4 Å². The predicted molar refractivity (Wildman–Crippen MR) is 64.7 cm³/mol. The highest BCUT2D eigenvalue weighted by Gasteiger charge is 2.26. The monoisotopic (exact) mass is 217 g/mol. The second-order valence-corrected chi connectivity index (χ2v) is 5.78. The molecule has 0 unspecified atom stereocenters. The zero-order chi connectivity index (χ0) is 11.4. The lowest BCUT2D eigenvalue weighted by Crippen LogP contribution is -2.43. The molecule has 0 bridgehead atoms. The van der Waals surface area contributed by atoms with Gasteiger partial charge in [0.15, 0.2) is 0 Å². The first-order valence-electron chi connectivity index (χ1n) is 5.05. The number of carbonyl (C=O) groups is 1. The predicted octanol–water partition coefficient (Wildman–Crippen LogP) is 2.63. The lowest BCUT2D eigenvalue weighted by molar-refractivity contribution is -0.133. The molecule has 84 valence electrons. The highest BCUT2D eigenvalue weighted by atomic mass is 32.2. The smallest absolute Gasteiger partial charge is 0.223 e. The summed E-state index contributed by atoms with van der Waals surface area (Å²) in [5.74, 6) is 1.17. The molecule has 0 rings (SSSR count). The molecule has 0 aliphatic rings. The molecule has 0 saturated heterocycles. The van der Waals surface area contributed by atoms with Crippen LogP contribution in [-0.4, -0.2) is 35.9 Å². The van der Waals surface area contributed by atoms with Gasteiger partial charge in [-0.05, 0) is 18.6 Å². The third-order valence-electron chi connectivity index (χ3n) is 2.75. The van der Waals surface area contributed by atoms with Crippen molar-refractivity contribution in [2.45, 2.75) is 40.2 Å². The SMILES string of the molecule is CSCCC(=O)N(C)[C@@H](C)C(C)(C)C. The minimum Gasteiger partial charge on any atom is -0.343 e. The molecular weight excluding hydrogens is 194 g/mol. The Morgan fingerprint density at radius 1 is 1.43 bits per heavy atom. The standard InChI is InChI=1S/C11H23NOS/c1-9(11(2,3)4)12(5)10(13)7-8-14-6/h9H,7-8H2,1-6H3/t9-/m0/s1. The fourth-order valence-electron chi connectivity index (χ4n) is 1.16. The summed E-state index contributed by atoms with van der Waals surface area (Å²) in [5.41, 5.74) is 0.157. The van der Waals surface area contributed by atoms with E-state index in [9.17, 15) is 4.79 Å². The zero-order valence-corrected chi connectivity index (χ0v) is 11.1. The van der Waals surface area contributed by atoms with Gasteiger partial charge in [0.1, 0.15) is 0 Å². The molecule has 3 heteroatoms. The fraction of sp³-hybridized carbons (Fsp3) is 0.909. The first-order chi connectivity index (χ1) is 6.30. The summed E-state index contributed by atoms with van der Waals surface area (Å²) in [7, 11) is 1.90. The minimum atomic E-state index is 0.157. The van der Waals surface area contributed by atoms with E-state index >= 15 is 0 Å². The van der Waals surface area contributed by atoms with E-state index < -0.39 is 0 Å². The zero-order valence-electron chi connectivity index (χ0n) is 10.3. The van der Waals surface area contributed by atoms with Gasteiger partial charge in [-0.25, -0.2) is 0 Å². The lowest BCUT2D eigenvalue weighted by Gasteiger charge is -2.35. The Morgan fingerprint density at radius 3 is 2.29 bits per heavy atom. The average Bonchev–Trinajstić information content (AvgIpc) is 2.10. The molecule has 0 aliphatic heterocycles. The maximum Gasteiger partial charge on any atom is 0.223 e. The van der Waals surface area contributed by atoms with Crippen molar-refractivity contribution in [2.24, 2.45) is 5.41 Å². The second kappa shape index (κ2) is 5.64. The normalized spacial score (nSPS) is 13.9. The van der Waals surface area contributed by atoms with Crippen LogP contribution in [0.4, 0.5) is 0 Å². The largest absolute Gasteiger partial charge is 0.343 e. The van der Waals surface area contributed by atoms with Crippen LogP contribution in [0.15, 0.2) is 0 Å². The number of hydrogen-bond donors (Lipinski definition) is 0. The summed E-state index contributed by atoms with van der Waals surface area (Å²) in [4.78, 5) is 13.6. The van der Waals surface area contributed by atoms with E-state index in [1.807, 2.05) is 18.2 Å². The molecular formula is C11H23NOS. The molecule has 0 aromatic heterocycles. The van der Waals surface area contributed by atoms with Crippen LogP contribution in [0.25, 0.3) is 0 Å². The van der Waals surface area contributed by atoms with Crippen LogP contribution in [0.2, 0.25) is 0 Å². The van der Waals surface area contributed by atoms with Crippen molar-refractivity contribution in [2.75, 3.05) is 19.1 Å². The van der Waals surface area contributed by atoms with Crippen molar-refractivity contribution >= 4 is 17.7 Å². The van der Waals surface area contributed by atoms with Crippen molar-refractivity contribution in [1.82, 2.24) is 4.90 Å². The second-order valence-electron chi connectivity index (χ2n) is 4.79. The molecule has 0 aliphatic carbocycles. The van der Waals surface area contributed by atoms with Crippen molar-refractivity contribution in [3.63, 3.8) is 0 Å². The Morgan fingerprint density at radius 2 is 1.93 bits per heavy atom. The fourth-order valence-corrected chi connectivity index (χ4v) is 1.54. The summed E-state index contributed by atoms with van der Waals surface area (Å²) in [6, 6.07) is 0.289. The maximum absolute atomic E-state index is 11.7. The van der Waals surface area contributed by atoms with Gasteiger partial charge in [0.05, 0.1) is 0 Å². The molecule has 0 spiro atoms. The molecule has 0 radical (unpaired) electrons. The summed E-state index contributed by atoms with van der Waals surface area (Å²) >= 11 is 1.72. The molecule has 2 nitrogen and oxygen atoms in total. The van der Waals surface area contributed by atoms with E-state index in [4.69, 9.17) is 0 Å². The Balaban J connectivity index is 4.18. The first-order valence-corrected chi connectivity index (χ1v) is 6.44. The van der Waals surface area contributed by atoms with Crippen LogP contribution in [0.3, 0.4) is 0 Å². The highest BCUT2D eigenvalue weighted by molar-refractivity contribution is 7.98. The van der Waals surface area contributed by atoms with Crippen LogP contribution in [0.1, 0.15) is 34.1 Å². The van der Waals surface area contributed by atoms with Crippen LogP contribution in [0, 0.1) is 5.41 Å². The molecule has 0 N–H and O–H groups in total. The van der Waals surface area contributed by atoms with E-state index in [0.717, 1.165) is 5.75 Å². The van der Waals surface area contributed by atoms with Crippen molar-refractivity contribution < 1.29 is 4.79 Å². The van der Waals surface area contributed by atoms with E-state index in [-0.39, 0.29) is 17.4 Å². The quantitative estimate of drug-likeness (QED) is 0.721. The third kappa shape index (κ3) is 4.36. The minimum absolute atomic E-state index is 0.157. The van der Waals surface area contributed by atoms with E-state index in [1.165, 1.54) is 0 Å². The average molecular weight is 217 g/mol. The third-order valence-corrected chi connectivity index (χ3v) is 3.36. The molecule has 14 heavy (non-hydrogen) atoms. The molecule has 0 fully saturated rings. The van der Waals surface area contributed by atoms with Gasteiger partial charge in [-0.15, -0.1) is 0 Å². The molecule has 0 saturated carbocycles. The maximum atomic E-state index is 11.7. The summed E-state index contributed by atoms with van der Waals surface area (Å²) < 4.78 is 0. The molecule has 0 aromatic rings. The van der Waals surface area contributed by atoms with Gasteiger partial charge in [0.25, 0.3) is 0 Å². The number of amides is 1. The number of rotatable bonds is 4. The molecule has 0 heterocycles. The highest BCUT2D eigenvalue weighted by Crippen LogP contribution is 2.23. The van der Waals surface area contributed by atoms with E-state index in [0.29, 0.717) is 6.42 Å². The van der Waals surface area contributed by atoms with Crippen LogP contribution in [-0.2, 0) is 4.79 Å². The summed E-state index contributed by atoms with van der Waals surface area (Å²) in [6.07, 6.45) is 2.68.